The molecular formula is C20H22N2O10. The molecule has 2 heterocycles. The molecule has 0 aromatic rings. The summed E-state index contributed by atoms with van der Waals surface area (Å²) in [4.78, 5) is 64.7. The molecule has 32 heavy (non-hydrogen) atoms. The topological polar surface area (TPSA) is 163 Å². The lowest BCUT2D eigenvalue weighted by Gasteiger charge is -1.98. The maximum absolute atomic E-state index is 11.2. The van der Waals surface area contributed by atoms with Crippen molar-refractivity contribution in [3.63, 3.8) is 0 Å². The summed E-state index contributed by atoms with van der Waals surface area (Å²) in [6.07, 6.45) is 5.59. The van der Waals surface area contributed by atoms with Crippen LogP contribution in [0, 0.1) is 0 Å². The summed E-state index contributed by atoms with van der Waals surface area (Å²) < 4.78 is 18.8. The predicted octanol–water partition coefficient (Wildman–Crippen LogP) is 0.0204. The fraction of sp³-hybridized carbons (Fsp3) is 0.300. The van der Waals surface area contributed by atoms with Crippen molar-refractivity contribution < 1.29 is 47.7 Å². The van der Waals surface area contributed by atoms with Crippen LogP contribution in [-0.4, -0.2) is 48.9 Å². The van der Waals surface area contributed by atoms with E-state index in [4.69, 9.17) is 9.47 Å². The maximum Gasteiger partial charge on any atom is 0.360 e. The van der Waals surface area contributed by atoms with Gasteiger partial charge in [-0.15, -0.1) is 0 Å². The van der Waals surface area contributed by atoms with Crippen LogP contribution in [-0.2, 0) is 47.7 Å². The van der Waals surface area contributed by atoms with Crippen molar-refractivity contribution in [1.29, 1.82) is 0 Å². The zero-order valence-electron chi connectivity index (χ0n) is 17.8. The van der Waals surface area contributed by atoms with Gasteiger partial charge in [0.1, 0.15) is 36.1 Å². The lowest BCUT2D eigenvalue weighted by molar-refractivity contribution is -0.140. The van der Waals surface area contributed by atoms with E-state index >= 15 is 0 Å². The smallest absolute Gasteiger partial charge is 0.360 e. The zero-order valence-corrected chi connectivity index (χ0v) is 17.8. The fourth-order valence-electron chi connectivity index (χ4n) is 2.02. The molecule has 172 valence electrons. The van der Waals surface area contributed by atoms with E-state index in [0.29, 0.717) is 0 Å². The lowest BCUT2D eigenvalue weighted by Crippen LogP contribution is -2.22. The molecule has 0 unspecified atom stereocenters. The highest BCUT2D eigenvalue weighted by molar-refractivity contribution is 5.97. The number of nitrogens with one attached hydrogen (secondary N) is 2. The number of amides is 2. The molecule has 0 radical (unpaired) electrons. The Hall–Kier alpha value is -4.22. The normalized spacial score (nSPS) is 16.8. The van der Waals surface area contributed by atoms with Gasteiger partial charge in [-0.1, -0.05) is 0 Å². The first-order chi connectivity index (χ1) is 15.0. The van der Waals surface area contributed by atoms with Crippen molar-refractivity contribution in [2.45, 2.75) is 27.7 Å². The van der Waals surface area contributed by atoms with Crippen LogP contribution in [0.3, 0.4) is 0 Å². The SMILES string of the molecule is CC(=O)NC1=C/C(=C/COC(C)=O)OC1=O.CC(=O)NC1=C/C(=C/COC(C)=O)OC1=O. The van der Waals surface area contributed by atoms with Crippen molar-refractivity contribution in [1.82, 2.24) is 10.6 Å². The molecule has 0 spiro atoms. The minimum atomic E-state index is -0.635. The number of allylic oxidation sites excluding steroid dienone is 2. The van der Waals surface area contributed by atoms with E-state index in [9.17, 15) is 28.8 Å². The van der Waals surface area contributed by atoms with E-state index in [2.05, 4.69) is 20.1 Å². The highest BCUT2D eigenvalue weighted by atomic mass is 16.6. The number of carbonyl (C=O) groups is 6. The van der Waals surface area contributed by atoms with Gasteiger partial charge in [-0.25, -0.2) is 9.59 Å². The average Bonchev–Trinajstić information content (AvgIpc) is 3.16. The second kappa shape index (κ2) is 12.5. The predicted molar refractivity (Wildman–Crippen MR) is 105 cm³/mol. The highest BCUT2D eigenvalue weighted by Crippen LogP contribution is 2.15. The molecule has 0 aromatic carbocycles. The largest absolute Gasteiger partial charge is 0.461 e. The molecule has 12 nitrogen and oxygen atoms in total. The standard InChI is InChI=1S/2C10H11NO5/c2*1-6(12)11-9-5-8(16-10(9)14)3-4-15-7(2)13/h2*3,5H,4H2,1-2H3,(H,11,12)/b2*8-3-. The van der Waals surface area contributed by atoms with Gasteiger partial charge in [0, 0.05) is 39.8 Å². The molecule has 0 fully saturated rings. The van der Waals surface area contributed by atoms with Crippen molar-refractivity contribution >= 4 is 35.7 Å². The molecule has 0 bridgehead atoms. The summed E-state index contributed by atoms with van der Waals surface area (Å²) in [6, 6.07) is 0. The second-order valence-corrected chi connectivity index (χ2v) is 6.08. The van der Waals surface area contributed by atoms with Crippen LogP contribution in [0.5, 0.6) is 0 Å². The van der Waals surface area contributed by atoms with Crippen molar-refractivity contribution in [2.24, 2.45) is 0 Å². The fourth-order valence-corrected chi connectivity index (χ4v) is 2.02. The summed E-state index contributed by atoms with van der Waals surface area (Å²) >= 11 is 0. The third-order valence-electron chi connectivity index (χ3n) is 3.20. The first-order valence-electron chi connectivity index (χ1n) is 9.08. The molecule has 2 aliphatic heterocycles. The Morgan fingerprint density at radius 2 is 1.09 bits per heavy atom. The maximum atomic E-state index is 11.2. The summed E-state index contributed by atoms with van der Waals surface area (Å²) in [7, 11) is 0. The molecule has 0 atom stereocenters. The number of ether oxygens (including phenoxy) is 4. The molecule has 0 saturated carbocycles. The van der Waals surface area contributed by atoms with Gasteiger partial charge in [0.05, 0.1) is 0 Å². The number of carbonyl (C=O) groups excluding carboxylic acids is 6. The summed E-state index contributed by atoms with van der Waals surface area (Å²) in [5.41, 5.74) is 0.142. The Morgan fingerprint density at radius 3 is 1.38 bits per heavy atom. The Labute approximate surface area is 182 Å². The molecule has 2 N–H and O–H groups in total. The van der Waals surface area contributed by atoms with E-state index in [0.717, 1.165) is 0 Å². The lowest BCUT2D eigenvalue weighted by atomic mass is 10.4. The van der Waals surface area contributed by atoms with Gasteiger partial charge < -0.3 is 29.6 Å². The van der Waals surface area contributed by atoms with E-state index in [1.54, 1.807) is 0 Å². The Kier molecular flexibility index (Phi) is 10.1. The first-order valence-corrected chi connectivity index (χ1v) is 9.08. The van der Waals surface area contributed by atoms with Crippen LogP contribution in [0.15, 0.2) is 47.2 Å². The minimum absolute atomic E-state index is 0.0157. The van der Waals surface area contributed by atoms with Crippen molar-refractivity contribution in [2.75, 3.05) is 13.2 Å². The Morgan fingerprint density at radius 1 is 0.750 bits per heavy atom. The monoisotopic (exact) mass is 450 g/mol. The number of cyclic esters (lactones) is 2. The van der Waals surface area contributed by atoms with Gasteiger partial charge in [0.2, 0.25) is 11.8 Å². The van der Waals surface area contributed by atoms with E-state index in [-0.39, 0.29) is 47.9 Å². The van der Waals surface area contributed by atoms with Crippen LogP contribution in [0.4, 0.5) is 0 Å². The number of rotatable bonds is 6. The van der Waals surface area contributed by atoms with Crippen LogP contribution in [0.25, 0.3) is 0 Å². The van der Waals surface area contributed by atoms with Gasteiger partial charge in [0.25, 0.3) is 0 Å². The number of hydrogen-bond donors (Lipinski definition) is 2. The van der Waals surface area contributed by atoms with Crippen LogP contribution in [0.2, 0.25) is 0 Å². The van der Waals surface area contributed by atoms with Crippen LogP contribution < -0.4 is 10.6 Å². The molecule has 2 rings (SSSR count). The molecular weight excluding hydrogens is 428 g/mol. The van der Waals surface area contributed by atoms with Gasteiger partial charge in [-0.2, -0.15) is 0 Å². The van der Waals surface area contributed by atoms with Crippen LogP contribution >= 0.6 is 0 Å². The highest BCUT2D eigenvalue weighted by Gasteiger charge is 2.22. The van der Waals surface area contributed by atoms with Crippen LogP contribution in [0.1, 0.15) is 27.7 Å². The Balaban J connectivity index is 0.000000320. The molecule has 0 saturated heterocycles. The third kappa shape index (κ3) is 10.0. The third-order valence-corrected chi connectivity index (χ3v) is 3.20. The number of esters is 4. The van der Waals surface area contributed by atoms with Gasteiger partial charge in [0.15, 0.2) is 0 Å². The summed E-state index contributed by atoms with van der Waals surface area (Å²) in [5, 5.41) is 4.64. The second-order valence-electron chi connectivity index (χ2n) is 6.08. The van der Waals surface area contributed by atoms with E-state index in [1.165, 1.54) is 52.0 Å². The van der Waals surface area contributed by atoms with E-state index in [1.807, 2.05) is 0 Å². The Bertz CT molecular complexity index is 864. The average molecular weight is 450 g/mol. The van der Waals surface area contributed by atoms with Crippen molar-refractivity contribution in [3.8, 4) is 0 Å². The molecule has 0 aromatic heterocycles. The van der Waals surface area contributed by atoms with Gasteiger partial charge >= 0.3 is 23.9 Å². The van der Waals surface area contributed by atoms with Crippen molar-refractivity contribution in [3.05, 3.63) is 47.2 Å². The zero-order chi connectivity index (χ0) is 24.3. The molecule has 2 aliphatic rings. The molecule has 2 amide bonds. The first kappa shape index (κ1) is 25.8. The van der Waals surface area contributed by atoms with E-state index < -0.39 is 23.9 Å². The van der Waals surface area contributed by atoms with Gasteiger partial charge in [-0.3, -0.25) is 19.2 Å². The number of hydrogen-bond acceptors (Lipinski definition) is 10. The van der Waals surface area contributed by atoms with Gasteiger partial charge in [-0.05, 0) is 12.2 Å². The summed E-state index contributed by atoms with van der Waals surface area (Å²) in [6.45, 7) is 5.16. The molecule has 0 aliphatic carbocycles. The molecule has 12 heteroatoms. The quantitative estimate of drug-likeness (QED) is 0.416. The summed E-state index contributed by atoms with van der Waals surface area (Å²) in [5.74, 6) is -2.34. The minimum Gasteiger partial charge on any atom is -0.461 e.